The number of nitrogens with zero attached hydrogens (tertiary/aromatic N) is 3. The molecule has 2 fully saturated rings. The molecule has 0 aromatic heterocycles. The SMILES string of the molecule is O=C(c1ccc(F)cc1)[C@@H]1[C@@H]2C(=O)N(c3ccccc3)C(=O)[C@@H]2[C@@H]2C=CC=NN12. The normalized spacial score (nSPS) is 27.3. The molecule has 0 radical (unpaired) electrons. The average Bonchev–Trinajstić information content (AvgIpc) is 3.22. The van der Waals surface area contributed by atoms with Crippen LogP contribution in [0.15, 0.2) is 71.9 Å². The molecule has 5 rings (SSSR count). The van der Waals surface area contributed by atoms with Gasteiger partial charge in [0.15, 0.2) is 5.78 Å². The number of benzene rings is 2. The molecule has 0 saturated carbocycles. The van der Waals surface area contributed by atoms with Crippen LogP contribution in [-0.2, 0) is 9.59 Å². The molecule has 2 aromatic carbocycles. The van der Waals surface area contributed by atoms with Crippen molar-refractivity contribution in [2.75, 3.05) is 4.90 Å². The van der Waals surface area contributed by atoms with Crippen molar-refractivity contribution in [2.24, 2.45) is 16.9 Å². The third-order valence-corrected chi connectivity index (χ3v) is 5.70. The molecule has 0 bridgehead atoms. The van der Waals surface area contributed by atoms with E-state index in [0.29, 0.717) is 5.69 Å². The number of carbonyl (C=O) groups excluding carboxylic acids is 3. The summed E-state index contributed by atoms with van der Waals surface area (Å²) in [6.07, 6.45) is 5.04. The van der Waals surface area contributed by atoms with E-state index in [1.807, 2.05) is 0 Å². The summed E-state index contributed by atoms with van der Waals surface area (Å²) < 4.78 is 13.3. The zero-order valence-electron chi connectivity index (χ0n) is 15.2. The second-order valence-corrected chi connectivity index (χ2v) is 7.24. The highest BCUT2D eigenvalue weighted by Crippen LogP contribution is 2.46. The summed E-state index contributed by atoms with van der Waals surface area (Å²) in [4.78, 5) is 41.0. The fraction of sp³-hybridized carbons (Fsp3) is 0.182. The first-order chi connectivity index (χ1) is 14.1. The van der Waals surface area contributed by atoms with Gasteiger partial charge in [-0.2, -0.15) is 5.10 Å². The lowest BCUT2D eigenvalue weighted by molar-refractivity contribution is -0.123. The molecule has 3 heterocycles. The van der Waals surface area contributed by atoms with Crippen molar-refractivity contribution in [1.82, 2.24) is 5.01 Å². The number of fused-ring (bicyclic) bond motifs is 3. The lowest BCUT2D eigenvalue weighted by atomic mass is 9.86. The van der Waals surface area contributed by atoms with E-state index in [-0.39, 0.29) is 17.3 Å². The molecule has 2 amide bonds. The molecule has 0 unspecified atom stereocenters. The quantitative estimate of drug-likeness (QED) is 0.597. The number of amides is 2. The lowest BCUT2D eigenvalue weighted by Crippen LogP contribution is -2.46. The molecule has 29 heavy (non-hydrogen) atoms. The van der Waals surface area contributed by atoms with Gasteiger partial charge in [-0.05, 0) is 42.5 Å². The minimum absolute atomic E-state index is 0.277. The first kappa shape index (κ1) is 17.5. The van der Waals surface area contributed by atoms with Crippen molar-refractivity contribution < 1.29 is 18.8 Å². The monoisotopic (exact) mass is 389 g/mol. The molecule has 144 valence electrons. The second-order valence-electron chi connectivity index (χ2n) is 7.24. The molecule has 3 aliphatic rings. The zero-order chi connectivity index (χ0) is 20.1. The van der Waals surface area contributed by atoms with Crippen molar-refractivity contribution in [1.29, 1.82) is 0 Å². The van der Waals surface area contributed by atoms with Crippen molar-refractivity contribution in [2.45, 2.75) is 12.1 Å². The molecule has 0 N–H and O–H groups in total. The summed E-state index contributed by atoms with van der Waals surface area (Å²) >= 11 is 0. The Bertz CT molecular complexity index is 1060. The molecule has 4 atom stereocenters. The van der Waals surface area contributed by atoms with Gasteiger partial charge in [-0.1, -0.05) is 24.3 Å². The van der Waals surface area contributed by atoms with E-state index < -0.39 is 35.6 Å². The van der Waals surface area contributed by atoms with E-state index >= 15 is 0 Å². The number of imide groups is 1. The Hall–Kier alpha value is -3.61. The highest BCUT2D eigenvalue weighted by atomic mass is 19.1. The van der Waals surface area contributed by atoms with Gasteiger partial charge in [0.1, 0.15) is 11.9 Å². The topological polar surface area (TPSA) is 70.0 Å². The molecule has 6 nitrogen and oxygen atoms in total. The number of hydrazone groups is 1. The second kappa shape index (κ2) is 6.48. The minimum atomic E-state index is -0.929. The number of hydrogen-bond acceptors (Lipinski definition) is 5. The first-order valence-electron chi connectivity index (χ1n) is 9.29. The molecule has 2 aromatic rings. The van der Waals surface area contributed by atoms with Crippen LogP contribution in [0, 0.1) is 17.7 Å². The lowest BCUT2D eigenvalue weighted by Gasteiger charge is -2.30. The summed E-state index contributed by atoms with van der Waals surface area (Å²) in [5.41, 5.74) is 0.763. The number of para-hydroxylation sites is 1. The third-order valence-electron chi connectivity index (χ3n) is 5.70. The third kappa shape index (κ3) is 2.54. The van der Waals surface area contributed by atoms with E-state index in [9.17, 15) is 18.8 Å². The van der Waals surface area contributed by atoms with Gasteiger partial charge < -0.3 is 0 Å². The number of halogens is 1. The van der Waals surface area contributed by atoms with Crippen LogP contribution in [0.1, 0.15) is 10.4 Å². The van der Waals surface area contributed by atoms with Crippen molar-refractivity contribution in [3.8, 4) is 0 Å². The van der Waals surface area contributed by atoms with Crippen molar-refractivity contribution >= 4 is 29.5 Å². The standard InChI is InChI=1S/C22H16FN3O3/c23-14-10-8-13(9-11-14)20(27)19-18-17(16-7-4-12-24-26(16)19)21(28)25(22(18)29)15-5-2-1-3-6-15/h1-12,16-19H/t16-,17+,18+,19-/m0/s1. The Balaban J connectivity index is 1.58. The molecular weight excluding hydrogens is 373 g/mol. The van der Waals surface area contributed by atoms with Crippen LogP contribution < -0.4 is 4.90 Å². The molecule has 0 spiro atoms. The largest absolute Gasteiger partial charge is 0.292 e. The van der Waals surface area contributed by atoms with Crippen LogP contribution in [0.5, 0.6) is 0 Å². The first-order valence-corrected chi connectivity index (χ1v) is 9.29. The van der Waals surface area contributed by atoms with E-state index in [1.165, 1.54) is 35.4 Å². The van der Waals surface area contributed by atoms with Crippen LogP contribution >= 0.6 is 0 Å². The Morgan fingerprint density at radius 3 is 2.34 bits per heavy atom. The molecule has 2 saturated heterocycles. The van der Waals surface area contributed by atoms with Gasteiger partial charge in [-0.3, -0.25) is 19.4 Å². The summed E-state index contributed by atoms with van der Waals surface area (Å²) in [5, 5.41) is 5.83. The van der Waals surface area contributed by atoms with Crippen LogP contribution in [0.2, 0.25) is 0 Å². The Labute approximate surface area is 165 Å². The van der Waals surface area contributed by atoms with Gasteiger partial charge in [0.05, 0.1) is 23.6 Å². The fourth-order valence-electron chi connectivity index (χ4n) is 4.45. The van der Waals surface area contributed by atoms with Crippen LogP contribution in [0.4, 0.5) is 10.1 Å². The van der Waals surface area contributed by atoms with Gasteiger partial charge in [0.25, 0.3) is 0 Å². The van der Waals surface area contributed by atoms with E-state index in [1.54, 1.807) is 47.5 Å². The van der Waals surface area contributed by atoms with Crippen molar-refractivity contribution in [3.63, 3.8) is 0 Å². The van der Waals surface area contributed by atoms with Crippen LogP contribution in [-0.4, -0.2) is 40.9 Å². The van der Waals surface area contributed by atoms with Gasteiger partial charge in [0.2, 0.25) is 11.8 Å². The highest BCUT2D eigenvalue weighted by molar-refractivity contribution is 6.24. The summed E-state index contributed by atoms with van der Waals surface area (Å²) in [6.45, 7) is 0. The predicted octanol–water partition coefficient (Wildman–Crippen LogP) is 2.42. The minimum Gasteiger partial charge on any atom is -0.292 e. The van der Waals surface area contributed by atoms with Crippen molar-refractivity contribution in [3.05, 3.63) is 78.1 Å². The number of ketones is 1. The van der Waals surface area contributed by atoms with E-state index in [4.69, 9.17) is 0 Å². The number of Topliss-reactive ketones (excluding diaryl/α,β-unsaturated/α-hetero) is 1. The van der Waals surface area contributed by atoms with Gasteiger partial charge in [-0.15, -0.1) is 0 Å². The number of rotatable bonds is 3. The van der Waals surface area contributed by atoms with Gasteiger partial charge in [-0.25, -0.2) is 9.29 Å². The average molecular weight is 389 g/mol. The predicted molar refractivity (Wildman–Crippen MR) is 104 cm³/mol. The highest BCUT2D eigenvalue weighted by Gasteiger charge is 2.64. The van der Waals surface area contributed by atoms with E-state index in [2.05, 4.69) is 5.10 Å². The summed E-state index contributed by atoms with van der Waals surface area (Å²) in [7, 11) is 0. The van der Waals surface area contributed by atoms with Crippen LogP contribution in [0.3, 0.4) is 0 Å². The number of carbonyl (C=O) groups is 3. The fourth-order valence-corrected chi connectivity index (χ4v) is 4.45. The smallest absolute Gasteiger partial charge is 0.240 e. The maximum Gasteiger partial charge on any atom is 0.240 e. The van der Waals surface area contributed by atoms with Gasteiger partial charge >= 0.3 is 0 Å². The number of anilines is 1. The van der Waals surface area contributed by atoms with E-state index in [0.717, 1.165) is 0 Å². The molecule has 3 aliphatic heterocycles. The molecular formula is C22H16FN3O3. The molecule has 7 heteroatoms. The maximum absolute atomic E-state index is 13.3. The molecule has 0 aliphatic carbocycles. The Morgan fingerprint density at radius 1 is 0.931 bits per heavy atom. The number of allylic oxidation sites excluding steroid dienone is 1. The summed E-state index contributed by atoms with van der Waals surface area (Å²) in [5.74, 6) is -3.12. The number of hydrogen-bond donors (Lipinski definition) is 0. The summed E-state index contributed by atoms with van der Waals surface area (Å²) in [6, 6.07) is 12.5. The Morgan fingerprint density at radius 2 is 1.62 bits per heavy atom. The van der Waals surface area contributed by atoms with Gasteiger partial charge in [0, 0.05) is 11.8 Å². The zero-order valence-corrected chi connectivity index (χ0v) is 15.2. The van der Waals surface area contributed by atoms with Crippen LogP contribution in [0.25, 0.3) is 0 Å². The maximum atomic E-state index is 13.3. The Kier molecular flexibility index (Phi) is 3.91.